The van der Waals surface area contributed by atoms with Crippen LogP contribution in [-0.4, -0.2) is 44.4 Å². The Bertz CT molecular complexity index is 430. The molecule has 1 aromatic rings. The predicted octanol–water partition coefficient (Wildman–Crippen LogP) is 3.13. The number of methoxy groups -OCH3 is 1. The fourth-order valence-corrected chi connectivity index (χ4v) is 3.89. The van der Waals surface area contributed by atoms with Crippen LogP contribution in [0.25, 0.3) is 0 Å². The quantitative estimate of drug-likeness (QED) is 0.789. The molecule has 0 aromatic heterocycles. The largest absolute Gasteiger partial charge is 0.383 e. The maximum absolute atomic E-state index is 5.04. The molecule has 0 amide bonds. The molecule has 1 saturated heterocycles. The van der Waals surface area contributed by atoms with Gasteiger partial charge in [-0.15, -0.1) is 0 Å². The minimum absolute atomic E-state index is 0.617. The smallest absolute Gasteiger partial charge is 0.0587 e. The van der Waals surface area contributed by atoms with E-state index in [1.54, 1.807) is 7.11 Å². The molecule has 0 radical (unpaired) electrons. The molecule has 20 heavy (non-hydrogen) atoms. The average molecular weight is 359 g/mol. The van der Waals surface area contributed by atoms with E-state index in [1.165, 1.54) is 27.2 Å². The first-order chi connectivity index (χ1) is 9.72. The summed E-state index contributed by atoms with van der Waals surface area (Å²) >= 11 is 5.75. The number of anilines is 1. The van der Waals surface area contributed by atoms with Crippen LogP contribution < -0.4 is 10.2 Å². The lowest BCUT2D eigenvalue weighted by molar-refractivity contribution is 0.199. The van der Waals surface area contributed by atoms with Gasteiger partial charge in [-0.3, -0.25) is 0 Å². The van der Waals surface area contributed by atoms with Gasteiger partial charge < -0.3 is 15.0 Å². The second-order valence-electron chi connectivity index (χ2n) is 5.06. The molecule has 1 aromatic carbocycles. The van der Waals surface area contributed by atoms with Crippen LogP contribution in [0.3, 0.4) is 0 Å². The standard InChI is InChI=1S/C15H23BrN2OS/c1-12-11-20-8-6-18(12)14-4-3-13(15(16)9-14)10-17-5-7-19-2/h3-4,9,12,17H,5-8,10-11H2,1-2H3. The molecule has 0 spiro atoms. The first-order valence-electron chi connectivity index (χ1n) is 7.05. The summed E-state index contributed by atoms with van der Waals surface area (Å²) in [5.74, 6) is 2.44. The molecule has 2 rings (SSSR count). The highest BCUT2D eigenvalue weighted by Gasteiger charge is 2.19. The lowest BCUT2D eigenvalue weighted by Crippen LogP contribution is -2.40. The van der Waals surface area contributed by atoms with Crippen LogP contribution in [0.5, 0.6) is 0 Å². The van der Waals surface area contributed by atoms with Crippen molar-refractivity contribution in [1.82, 2.24) is 5.32 Å². The molecular weight excluding hydrogens is 336 g/mol. The molecule has 112 valence electrons. The van der Waals surface area contributed by atoms with E-state index in [9.17, 15) is 0 Å². The summed E-state index contributed by atoms with van der Waals surface area (Å²) in [6, 6.07) is 7.32. The molecule has 5 heteroatoms. The molecule has 0 saturated carbocycles. The Morgan fingerprint density at radius 3 is 3.05 bits per heavy atom. The van der Waals surface area contributed by atoms with Gasteiger partial charge >= 0.3 is 0 Å². The third-order valence-corrected chi connectivity index (χ3v) is 5.46. The Morgan fingerprint density at radius 1 is 1.50 bits per heavy atom. The van der Waals surface area contributed by atoms with E-state index in [4.69, 9.17) is 4.74 Å². The minimum atomic E-state index is 0.617. The van der Waals surface area contributed by atoms with Gasteiger partial charge in [-0.1, -0.05) is 22.0 Å². The van der Waals surface area contributed by atoms with Crippen molar-refractivity contribution >= 4 is 33.4 Å². The molecule has 1 atom stereocenters. The third-order valence-electron chi connectivity index (χ3n) is 3.53. The third kappa shape index (κ3) is 4.38. The van der Waals surface area contributed by atoms with Gasteiger partial charge in [0.2, 0.25) is 0 Å². The maximum Gasteiger partial charge on any atom is 0.0587 e. The fourth-order valence-electron chi connectivity index (χ4n) is 2.37. The molecule has 0 aliphatic carbocycles. The molecule has 1 fully saturated rings. The summed E-state index contributed by atoms with van der Waals surface area (Å²) in [5.41, 5.74) is 2.62. The number of nitrogens with zero attached hydrogens (tertiary/aromatic N) is 1. The van der Waals surface area contributed by atoms with E-state index in [1.807, 2.05) is 11.8 Å². The zero-order chi connectivity index (χ0) is 14.4. The van der Waals surface area contributed by atoms with Crippen LogP contribution in [0.15, 0.2) is 22.7 Å². The van der Waals surface area contributed by atoms with Crippen molar-refractivity contribution in [3.63, 3.8) is 0 Å². The fraction of sp³-hybridized carbons (Fsp3) is 0.600. The monoisotopic (exact) mass is 358 g/mol. The molecular formula is C15H23BrN2OS. The number of ether oxygens (including phenoxy) is 1. The molecule has 0 bridgehead atoms. The Morgan fingerprint density at radius 2 is 2.35 bits per heavy atom. The summed E-state index contributed by atoms with van der Waals surface area (Å²) in [4.78, 5) is 2.50. The second kappa shape index (κ2) is 8.27. The van der Waals surface area contributed by atoms with Gasteiger partial charge in [0.15, 0.2) is 0 Å². The Balaban J connectivity index is 1.97. The highest BCUT2D eigenvalue weighted by atomic mass is 79.9. The Labute approximate surface area is 134 Å². The topological polar surface area (TPSA) is 24.5 Å². The van der Waals surface area contributed by atoms with Gasteiger partial charge in [0.05, 0.1) is 6.61 Å². The van der Waals surface area contributed by atoms with Crippen LogP contribution in [-0.2, 0) is 11.3 Å². The Kier molecular flexibility index (Phi) is 6.68. The van der Waals surface area contributed by atoms with Crippen molar-refractivity contribution in [2.45, 2.75) is 19.5 Å². The van der Waals surface area contributed by atoms with Gasteiger partial charge in [0, 0.05) is 54.5 Å². The summed E-state index contributed by atoms with van der Waals surface area (Å²) in [6.45, 7) is 5.95. The van der Waals surface area contributed by atoms with E-state index in [2.05, 4.69) is 51.3 Å². The zero-order valence-electron chi connectivity index (χ0n) is 12.2. The van der Waals surface area contributed by atoms with Crippen molar-refractivity contribution < 1.29 is 4.74 Å². The van der Waals surface area contributed by atoms with Gasteiger partial charge in [0.1, 0.15) is 0 Å². The van der Waals surface area contributed by atoms with Crippen LogP contribution in [0.2, 0.25) is 0 Å². The molecule has 1 unspecified atom stereocenters. The second-order valence-corrected chi connectivity index (χ2v) is 7.07. The van der Waals surface area contributed by atoms with Gasteiger partial charge in [-0.2, -0.15) is 11.8 Å². The Hall–Kier alpha value is -0.230. The van der Waals surface area contributed by atoms with Crippen molar-refractivity contribution in [2.75, 3.05) is 43.2 Å². The van der Waals surface area contributed by atoms with Crippen LogP contribution in [0.4, 0.5) is 5.69 Å². The zero-order valence-corrected chi connectivity index (χ0v) is 14.6. The highest BCUT2D eigenvalue weighted by Crippen LogP contribution is 2.28. The number of rotatable bonds is 6. The SMILES string of the molecule is COCCNCc1ccc(N2CCSCC2C)cc1Br. The van der Waals surface area contributed by atoms with Crippen molar-refractivity contribution in [1.29, 1.82) is 0 Å². The molecule has 1 aliphatic heterocycles. The van der Waals surface area contributed by atoms with Crippen molar-refractivity contribution in [3.8, 4) is 0 Å². The van der Waals surface area contributed by atoms with Crippen LogP contribution in [0, 0.1) is 0 Å². The summed E-state index contributed by atoms with van der Waals surface area (Å²) in [6.07, 6.45) is 0. The van der Waals surface area contributed by atoms with Gasteiger partial charge in [-0.05, 0) is 24.6 Å². The lowest BCUT2D eigenvalue weighted by atomic mass is 10.1. The number of benzene rings is 1. The lowest BCUT2D eigenvalue weighted by Gasteiger charge is -2.35. The first-order valence-corrected chi connectivity index (χ1v) is 8.99. The molecule has 3 nitrogen and oxygen atoms in total. The molecule has 1 N–H and O–H groups in total. The predicted molar refractivity (Wildman–Crippen MR) is 91.9 cm³/mol. The first kappa shape index (κ1) is 16.1. The number of halogens is 1. The van der Waals surface area contributed by atoms with E-state index in [-0.39, 0.29) is 0 Å². The number of hydrogen-bond acceptors (Lipinski definition) is 4. The number of nitrogens with one attached hydrogen (secondary N) is 1. The molecule has 1 aliphatic rings. The number of thioether (sulfide) groups is 1. The molecule has 1 heterocycles. The van der Waals surface area contributed by atoms with E-state index in [0.29, 0.717) is 6.04 Å². The highest BCUT2D eigenvalue weighted by molar-refractivity contribution is 9.10. The van der Waals surface area contributed by atoms with E-state index >= 15 is 0 Å². The van der Waals surface area contributed by atoms with Gasteiger partial charge in [0.25, 0.3) is 0 Å². The minimum Gasteiger partial charge on any atom is -0.383 e. The number of hydrogen-bond donors (Lipinski definition) is 1. The van der Waals surface area contributed by atoms with Crippen molar-refractivity contribution in [3.05, 3.63) is 28.2 Å². The van der Waals surface area contributed by atoms with Crippen LogP contribution in [0.1, 0.15) is 12.5 Å². The normalized spacial score (nSPS) is 19.4. The van der Waals surface area contributed by atoms with Crippen LogP contribution >= 0.6 is 27.7 Å². The van der Waals surface area contributed by atoms with Crippen molar-refractivity contribution in [2.24, 2.45) is 0 Å². The van der Waals surface area contributed by atoms with E-state index in [0.717, 1.165) is 26.2 Å². The summed E-state index contributed by atoms with van der Waals surface area (Å²) in [7, 11) is 1.73. The maximum atomic E-state index is 5.04. The summed E-state index contributed by atoms with van der Waals surface area (Å²) < 4.78 is 6.22. The van der Waals surface area contributed by atoms with Gasteiger partial charge in [-0.25, -0.2) is 0 Å². The summed E-state index contributed by atoms with van der Waals surface area (Å²) in [5, 5.41) is 3.38. The van der Waals surface area contributed by atoms with E-state index < -0.39 is 0 Å². The average Bonchev–Trinajstić information content (AvgIpc) is 2.45.